The van der Waals surface area contributed by atoms with Crippen molar-refractivity contribution in [3.63, 3.8) is 0 Å². The number of hydrogen-bond acceptors (Lipinski definition) is 4. The quantitative estimate of drug-likeness (QED) is 0.721. The van der Waals surface area contributed by atoms with Crippen LogP contribution in [-0.2, 0) is 21.2 Å². The smallest absolute Gasteiger partial charge is 0.268 e. The first-order chi connectivity index (χ1) is 13.9. The Labute approximate surface area is 170 Å². The third-order valence-electron chi connectivity index (χ3n) is 6.28. The van der Waals surface area contributed by atoms with Crippen LogP contribution >= 0.6 is 0 Å². The molecule has 1 fully saturated rings. The predicted octanol–water partition coefficient (Wildman–Crippen LogP) is 2.34. The van der Waals surface area contributed by atoms with E-state index in [0.29, 0.717) is 5.52 Å². The van der Waals surface area contributed by atoms with Crippen molar-refractivity contribution in [2.24, 2.45) is 0 Å². The second-order valence-electron chi connectivity index (χ2n) is 8.05. The fraction of sp³-hybridized carbons (Fsp3) is 0.318. The van der Waals surface area contributed by atoms with Crippen molar-refractivity contribution in [1.82, 2.24) is 14.2 Å². The van der Waals surface area contributed by atoms with Gasteiger partial charge in [-0.15, -0.1) is 0 Å². The summed E-state index contributed by atoms with van der Waals surface area (Å²) in [6, 6.07) is 14.7. The maximum absolute atomic E-state index is 13.3. The average Bonchev–Trinajstić information content (AvgIpc) is 3.22. The van der Waals surface area contributed by atoms with E-state index in [1.54, 1.807) is 37.4 Å². The molecule has 1 aliphatic heterocycles. The fourth-order valence-electron chi connectivity index (χ4n) is 5.13. The van der Waals surface area contributed by atoms with Crippen molar-refractivity contribution in [3.8, 4) is 0 Å². The summed E-state index contributed by atoms with van der Waals surface area (Å²) >= 11 is 0. The molecule has 0 saturated carbocycles. The van der Waals surface area contributed by atoms with Crippen LogP contribution in [0, 0.1) is 0 Å². The molecule has 6 nitrogen and oxygen atoms in total. The van der Waals surface area contributed by atoms with Crippen LogP contribution < -0.4 is 5.32 Å². The predicted molar refractivity (Wildman–Crippen MR) is 111 cm³/mol. The number of rotatable bonds is 3. The minimum absolute atomic E-state index is 0.0235. The number of likely N-dealkylation sites (tertiary alicyclic amines) is 1. The van der Waals surface area contributed by atoms with E-state index in [1.165, 1.54) is 3.97 Å². The summed E-state index contributed by atoms with van der Waals surface area (Å²) in [6.45, 7) is 2.34. The third kappa shape index (κ3) is 2.72. The Morgan fingerprint density at radius 1 is 1.10 bits per heavy atom. The number of hydrogen-bond donors (Lipinski definition) is 1. The van der Waals surface area contributed by atoms with Gasteiger partial charge in [-0.1, -0.05) is 30.3 Å². The number of nitrogens with zero attached hydrogens (tertiary/aromatic N) is 2. The lowest BCUT2D eigenvalue weighted by molar-refractivity contribution is -0.119. The first kappa shape index (κ1) is 18.4. The molecule has 2 heterocycles. The highest BCUT2D eigenvalue weighted by molar-refractivity contribution is 7.90. The van der Waals surface area contributed by atoms with Gasteiger partial charge in [-0.3, -0.25) is 4.79 Å². The van der Waals surface area contributed by atoms with E-state index < -0.39 is 10.0 Å². The summed E-state index contributed by atoms with van der Waals surface area (Å²) < 4.78 is 28.1. The lowest BCUT2D eigenvalue weighted by Gasteiger charge is -2.31. The van der Waals surface area contributed by atoms with Gasteiger partial charge in [0.1, 0.15) is 0 Å². The highest BCUT2D eigenvalue weighted by atomic mass is 32.2. The minimum Gasteiger partial charge on any atom is -0.352 e. The van der Waals surface area contributed by atoms with Crippen molar-refractivity contribution < 1.29 is 13.2 Å². The molecule has 0 bridgehead atoms. The number of carbonyl (C=O) groups is 1. The van der Waals surface area contributed by atoms with E-state index >= 15 is 0 Å². The van der Waals surface area contributed by atoms with Crippen molar-refractivity contribution in [1.29, 1.82) is 0 Å². The summed E-state index contributed by atoms with van der Waals surface area (Å²) in [5.41, 5.74) is 2.88. The Balaban J connectivity index is 1.70. The molecule has 3 atom stereocenters. The molecule has 2 aliphatic rings. The third-order valence-corrected chi connectivity index (χ3v) is 7.97. The van der Waals surface area contributed by atoms with E-state index in [0.717, 1.165) is 29.5 Å². The van der Waals surface area contributed by atoms with Crippen molar-refractivity contribution in [2.45, 2.75) is 36.2 Å². The summed E-state index contributed by atoms with van der Waals surface area (Å²) in [4.78, 5) is 14.3. The fourth-order valence-corrected chi connectivity index (χ4v) is 6.54. The topological polar surface area (TPSA) is 71.4 Å². The number of fused-ring (bicyclic) bond motifs is 2. The molecule has 1 amide bonds. The number of amides is 1. The highest BCUT2D eigenvalue weighted by Gasteiger charge is 2.45. The van der Waals surface area contributed by atoms with Crippen molar-refractivity contribution >= 4 is 26.8 Å². The van der Waals surface area contributed by atoms with Crippen LogP contribution in [0.1, 0.15) is 24.0 Å². The molecule has 7 heteroatoms. The number of likely N-dealkylation sites (N-methyl/N-ethyl adjacent to an activating group) is 1. The van der Waals surface area contributed by atoms with Crippen molar-refractivity contribution in [3.05, 3.63) is 65.9 Å². The second kappa shape index (κ2) is 6.43. The molecule has 1 N–H and O–H groups in total. The van der Waals surface area contributed by atoms with E-state index in [4.69, 9.17) is 0 Å². The Bertz CT molecular complexity index is 1220. The van der Waals surface area contributed by atoms with E-state index in [1.807, 2.05) is 18.2 Å². The summed E-state index contributed by atoms with van der Waals surface area (Å²) in [6.07, 6.45) is 2.55. The molecule has 0 spiro atoms. The van der Waals surface area contributed by atoms with Crippen LogP contribution in [-0.4, -0.2) is 48.9 Å². The van der Waals surface area contributed by atoms with E-state index in [-0.39, 0.29) is 28.8 Å². The average molecular weight is 410 g/mol. The first-order valence-electron chi connectivity index (χ1n) is 9.79. The van der Waals surface area contributed by atoms with Crippen LogP contribution in [0.15, 0.2) is 59.6 Å². The largest absolute Gasteiger partial charge is 0.352 e. The molecule has 0 radical (unpaired) electrons. The second-order valence-corrected chi connectivity index (χ2v) is 9.87. The van der Waals surface area contributed by atoms with Crippen LogP contribution in [0.4, 0.5) is 0 Å². The Morgan fingerprint density at radius 3 is 2.59 bits per heavy atom. The summed E-state index contributed by atoms with van der Waals surface area (Å²) in [7, 11) is -1.61. The van der Waals surface area contributed by atoms with Crippen LogP contribution in [0.3, 0.4) is 0 Å². The number of carbonyl (C=O) groups excluding carboxylic acids is 1. The van der Waals surface area contributed by atoms with Crippen LogP contribution in [0.5, 0.6) is 0 Å². The summed E-state index contributed by atoms with van der Waals surface area (Å²) in [5.74, 6) is 0.113. The maximum Gasteiger partial charge on any atom is 0.268 e. The van der Waals surface area contributed by atoms with Gasteiger partial charge in [0.2, 0.25) is 5.91 Å². The molecule has 150 valence electrons. The van der Waals surface area contributed by atoms with Gasteiger partial charge >= 0.3 is 0 Å². The number of benzene rings is 2. The molecule has 1 saturated heterocycles. The van der Waals surface area contributed by atoms with Crippen molar-refractivity contribution in [2.75, 3.05) is 13.6 Å². The Morgan fingerprint density at radius 2 is 1.86 bits per heavy atom. The number of aromatic nitrogens is 1. The Hall–Kier alpha value is -2.64. The molecule has 1 aromatic heterocycles. The number of nitrogens with one attached hydrogen (secondary N) is 1. The zero-order valence-electron chi connectivity index (χ0n) is 16.4. The molecule has 29 heavy (non-hydrogen) atoms. The highest BCUT2D eigenvalue weighted by Crippen LogP contribution is 2.45. The standard InChI is InChI=1S/C22H23N3O3S/c1-14(26)23-18-13-24(2)20-11-15-12-25(29(27,28)16-7-4-3-5-8-16)19-10-6-9-17(21(15)19)22(18)20/h3-10,12,18,20,22H,11,13H2,1-2H3,(H,23,26). The Kier molecular flexibility index (Phi) is 4.08. The zero-order valence-corrected chi connectivity index (χ0v) is 17.2. The minimum atomic E-state index is -3.68. The van der Waals surface area contributed by atoms with Gasteiger partial charge in [-0.2, -0.15) is 0 Å². The van der Waals surface area contributed by atoms with Crippen LogP contribution in [0.25, 0.3) is 10.9 Å². The molecule has 5 rings (SSSR count). The SMILES string of the molecule is CC(=O)NC1CN(C)C2Cc3cn(S(=O)(=O)c4ccccc4)c4cccc(c34)C12. The zero-order chi connectivity index (χ0) is 20.3. The molecule has 3 aromatic rings. The van der Waals surface area contributed by atoms with E-state index in [2.05, 4.69) is 23.3 Å². The van der Waals surface area contributed by atoms with Gasteiger partial charge in [0, 0.05) is 43.1 Å². The van der Waals surface area contributed by atoms with Gasteiger partial charge in [-0.05, 0) is 42.8 Å². The van der Waals surface area contributed by atoms with Gasteiger partial charge in [0.25, 0.3) is 10.0 Å². The normalized spacial score (nSPS) is 23.9. The van der Waals surface area contributed by atoms with Crippen LogP contribution in [0.2, 0.25) is 0 Å². The summed E-state index contributed by atoms with van der Waals surface area (Å²) in [5, 5.41) is 4.12. The lowest BCUT2D eigenvalue weighted by atomic mass is 9.78. The molecule has 2 aromatic carbocycles. The van der Waals surface area contributed by atoms with Gasteiger partial charge in [0.05, 0.1) is 10.4 Å². The molecule has 3 unspecified atom stereocenters. The monoisotopic (exact) mass is 409 g/mol. The van der Waals surface area contributed by atoms with Gasteiger partial charge < -0.3 is 10.2 Å². The van der Waals surface area contributed by atoms with Gasteiger partial charge in [0.15, 0.2) is 0 Å². The maximum atomic E-state index is 13.3. The molecule has 1 aliphatic carbocycles. The van der Waals surface area contributed by atoms with E-state index in [9.17, 15) is 13.2 Å². The lowest BCUT2D eigenvalue weighted by Crippen LogP contribution is -2.39. The molecular formula is C22H23N3O3S. The molecular weight excluding hydrogens is 386 g/mol. The first-order valence-corrected chi connectivity index (χ1v) is 11.2. The van der Waals surface area contributed by atoms with Gasteiger partial charge in [-0.25, -0.2) is 12.4 Å².